The standard InChI is InChI=1S/C44H28N4O/c1-2-12-29(13-3-1)42-46-43(33-21-18-27-10-4-5-14-30(27)24-33)48-44(47-42)41-40-36-16-8-9-17-38(36)49-39(40)26-37(45-41)32-22-23-35-31(25-32)20-19-28-11-6-7-15-34(28)35/h1-23,25-26,33H,24H2. The minimum Gasteiger partial charge on any atom is -0.456 e. The molecule has 1 aliphatic rings. The highest BCUT2D eigenvalue weighted by molar-refractivity contribution is 6.12. The highest BCUT2D eigenvalue weighted by Crippen LogP contribution is 2.39. The fourth-order valence-corrected chi connectivity index (χ4v) is 7.19. The van der Waals surface area contributed by atoms with Crippen LogP contribution in [0.3, 0.4) is 0 Å². The zero-order valence-corrected chi connectivity index (χ0v) is 26.4. The third-order valence-corrected chi connectivity index (χ3v) is 9.63. The van der Waals surface area contributed by atoms with Gasteiger partial charge in [-0.05, 0) is 51.2 Å². The van der Waals surface area contributed by atoms with E-state index in [2.05, 4.69) is 97.1 Å². The number of hydrogen-bond donors (Lipinski definition) is 0. The molecule has 0 fully saturated rings. The minimum absolute atomic E-state index is 0.00538. The highest BCUT2D eigenvalue weighted by Gasteiger charge is 2.24. The van der Waals surface area contributed by atoms with Crippen molar-refractivity contribution in [1.82, 2.24) is 19.9 Å². The van der Waals surface area contributed by atoms with Crippen molar-refractivity contribution < 1.29 is 4.42 Å². The summed E-state index contributed by atoms with van der Waals surface area (Å²) in [5.41, 5.74) is 7.46. The molecule has 9 aromatic rings. The van der Waals surface area contributed by atoms with E-state index in [1.54, 1.807) is 0 Å². The average Bonchev–Trinajstić information content (AvgIpc) is 3.56. The second-order valence-corrected chi connectivity index (χ2v) is 12.6. The molecule has 5 heteroatoms. The smallest absolute Gasteiger partial charge is 0.182 e. The molecule has 0 N–H and O–H groups in total. The number of fused-ring (bicyclic) bond motifs is 7. The quantitative estimate of drug-likeness (QED) is 0.181. The molecule has 49 heavy (non-hydrogen) atoms. The molecule has 10 rings (SSSR count). The van der Waals surface area contributed by atoms with Crippen LogP contribution in [0.5, 0.6) is 0 Å². The summed E-state index contributed by atoms with van der Waals surface area (Å²) in [6.45, 7) is 0. The van der Waals surface area contributed by atoms with Gasteiger partial charge in [0, 0.05) is 28.5 Å². The van der Waals surface area contributed by atoms with Crippen LogP contribution in [0.2, 0.25) is 0 Å². The minimum atomic E-state index is -0.00538. The largest absolute Gasteiger partial charge is 0.456 e. The Bertz CT molecular complexity index is 2760. The second kappa shape index (κ2) is 11.1. The molecule has 230 valence electrons. The normalized spacial score (nSPS) is 14.2. The van der Waals surface area contributed by atoms with Crippen LogP contribution in [0.15, 0.2) is 150 Å². The molecule has 1 aliphatic carbocycles. The van der Waals surface area contributed by atoms with Gasteiger partial charge in [0.15, 0.2) is 11.6 Å². The molecule has 1 unspecified atom stereocenters. The van der Waals surface area contributed by atoms with Gasteiger partial charge >= 0.3 is 0 Å². The third kappa shape index (κ3) is 4.70. The van der Waals surface area contributed by atoms with Crippen molar-refractivity contribution in [2.45, 2.75) is 12.3 Å². The van der Waals surface area contributed by atoms with E-state index in [1.807, 2.05) is 54.6 Å². The Morgan fingerprint density at radius 1 is 0.531 bits per heavy atom. The van der Waals surface area contributed by atoms with Crippen LogP contribution in [-0.2, 0) is 6.42 Å². The Morgan fingerprint density at radius 3 is 2.22 bits per heavy atom. The molecule has 0 amide bonds. The summed E-state index contributed by atoms with van der Waals surface area (Å²) in [6, 6.07) is 48.2. The number of furan rings is 1. The lowest BCUT2D eigenvalue weighted by Crippen LogP contribution is -2.12. The van der Waals surface area contributed by atoms with E-state index < -0.39 is 0 Å². The molecule has 3 aromatic heterocycles. The maximum absolute atomic E-state index is 6.50. The van der Waals surface area contributed by atoms with E-state index in [4.69, 9.17) is 24.4 Å². The van der Waals surface area contributed by atoms with E-state index in [0.717, 1.165) is 56.4 Å². The van der Waals surface area contributed by atoms with Crippen LogP contribution < -0.4 is 0 Å². The lowest BCUT2D eigenvalue weighted by molar-refractivity contribution is 0.668. The summed E-state index contributed by atoms with van der Waals surface area (Å²) in [4.78, 5) is 20.8. The van der Waals surface area contributed by atoms with Crippen molar-refractivity contribution in [2.75, 3.05) is 0 Å². The molecule has 0 saturated heterocycles. The summed E-state index contributed by atoms with van der Waals surface area (Å²) in [7, 11) is 0. The van der Waals surface area contributed by atoms with E-state index >= 15 is 0 Å². The van der Waals surface area contributed by atoms with E-state index in [9.17, 15) is 0 Å². The molecular formula is C44H28N4O. The van der Waals surface area contributed by atoms with Gasteiger partial charge in [-0.2, -0.15) is 0 Å². The molecule has 6 aromatic carbocycles. The Morgan fingerprint density at radius 2 is 1.29 bits per heavy atom. The van der Waals surface area contributed by atoms with Crippen LogP contribution in [0.1, 0.15) is 22.9 Å². The van der Waals surface area contributed by atoms with Crippen molar-refractivity contribution >= 4 is 49.6 Å². The number of hydrogen-bond acceptors (Lipinski definition) is 5. The molecule has 0 bridgehead atoms. The summed E-state index contributed by atoms with van der Waals surface area (Å²) in [5, 5.41) is 6.70. The van der Waals surface area contributed by atoms with Gasteiger partial charge in [0.05, 0.1) is 11.1 Å². The van der Waals surface area contributed by atoms with Crippen molar-refractivity contribution in [3.63, 3.8) is 0 Å². The number of pyridine rings is 1. The van der Waals surface area contributed by atoms with E-state index in [0.29, 0.717) is 17.3 Å². The lowest BCUT2D eigenvalue weighted by Gasteiger charge is -2.19. The number of para-hydroxylation sites is 1. The number of nitrogens with zero attached hydrogens (tertiary/aromatic N) is 4. The van der Waals surface area contributed by atoms with Crippen LogP contribution in [-0.4, -0.2) is 19.9 Å². The van der Waals surface area contributed by atoms with Crippen molar-refractivity contribution in [2.24, 2.45) is 0 Å². The Hall–Kier alpha value is -6.46. The Kier molecular flexibility index (Phi) is 6.24. The van der Waals surface area contributed by atoms with Gasteiger partial charge in [-0.3, -0.25) is 0 Å². The van der Waals surface area contributed by atoms with Crippen LogP contribution in [0.25, 0.3) is 83.7 Å². The van der Waals surface area contributed by atoms with Crippen molar-refractivity contribution in [1.29, 1.82) is 0 Å². The van der Waals surface area contributed by atoms with Crippen molar-refractivity contribution in [3.8, 4) is 34.2 Å². The third-order valence-electron chi connectivity index (χ3n) is 9.63. The summed E-state index contributed by atoms with van der Waals surface area (Å²) in [6.07, 6.45) is 5.20. The highest BCUT2D eigenvalue weighted by atomic mass is 16.3. The molecule has 5 nitrogen and oxygen atoms in total. The lowest BCUT2D eigenvalue weighted by atomic mass is 9.89. The van der Waals surface area contributed by atoms with E-state index in [1.165, 1.54) is 27.3 Å². The average molecular weight is 629 g/mol. The van der Waals surface area contributed by atoms with Gasteiger partial charge in [-0.15, -0.1) is 0 Å². The maximum atomic E-state index is 6.50. The molecule has 0 spiro atoms. The summed E-state index contributed by atoms with van der Waals surface area (Å²) in [5.74, 6) is 1.87. The fraction of sp³-hybridized carbons (Fsp3) is 0.0455. The van der Waals surface area contributed by atoms with Crippen LogP contribution in [0, 0.1) is 0 Å². The number of rotatable bonds is 4. The molecule has 0 saturated carbocycles. The first-order valence-electron chi connectivity index (χ1n) is 16.6. The topological polar surface area (TPSA) is 64.7 Å². The van der Waals surface area contributed by atoms with Gasteiger partial charge in [-0.1, -0.05) is 133 Å². The van der Waals surface area contributed by atoms with Crippen LogP contribution >= 0.6 is 0 Å². The molecular weight excluding hydrogens is 601 g/mol. The maximum Gasteiger partial charge on any atom is 0.182 e. The van der Waals surface area contributed by atoms with Gasteiger partial charge in [0.25, 0.3) is 0 Å². The van der Waals surface area contributed by atoms with Gasteiger partial charge in [0.2, 0.25) is 0 Å². The number of benzene rings is 6. The van der Waals surface area contributed by atoms with Gasteiger partial charge in [-0.25, -0.2) is 19.9 Å². The van der Waals surface area contributed by atoms with Crippen LogP contribution in [0.4, 0.5) is 0 Å². The fourth-order valence-electron chi connectivity index (χ4n) is 7.19. The Labute approximate surface area is 282 Å². The molecule has 0 radical (unpaired) electrons. The van der Waals surface area contributed by atoms with Gasteiger partial charge in [0.1, 0.15) is 22.7 Å². The first-order valence-corrected chi connectivity index (χ1v) is 16.6. The van der Waals surface area contributed by atoms with E-state index in [-0.39, 0.29) is 5.92 Å². The molecule has 0 aliphatic heterocycles. The zero-order valence-electron chi connectivity index (χ0n) is 26.4. The molecule has 1 atom stereocenters. The SMILES string of the molecule is C1=CC(c2nc(-c3ccccc3)nc(-c3nc(-c4ccc5c(ccc6ccccc65)c4)cc4oc5ccccc5c34)n2)Cc2ccccc21. The predicted octanol–water partition coefficient (Wildman–Crippen LogP) is 10.8. The predicted molar refractivity (Wildman–Crippen MR) is 198 cm³/mol. The molecule has 3 heterocycles. The van der Waals surface area contributed by atoms with Crippen molar-refractivity contribution in [3.05, 3.63) is 163 Å². The first-order chi connectivity index (χ1) is 24.2. The number of allylic oxidation sites excluding steroid dienone is 1. The zero-order chi connectivity index (χ0) is 32.3. The summed E-state index contributed by atoms with van der Waals surface area (Å²) < 4.78 is 6.50. The second-order valence-electron chi connectivity index (χ2n) is 12.6. The monoisotopic (exact) mass is 628 g/mol. The number of aromatic nitrogens is 4. The Balaban J connectivity index is 1.20. The first kappa shape index (κ1) is 27.6. The van der Waals surface area contributed by atoms with Gasteiger partial charge < -0.3 is 4.42 Å². The summed E-state index contributed by atoms with van der Waals surface area (Å²) >= 11 is 0.